The van der Waals surface area contributed by atoms with Gasteiger partial charge in [0.15, 0.2) is 0 Å². The highest BCUT2D eigenvalue weighted by Crippen LogP contribution is 2.30. The van der Waals surface area contributed by atoms with Crippen LogP contribution in [-0.2, 0) is 0 Å². The van der Waals surface area contributed by atoms with Crippen LogP contribution in [0.25, 0.3) is 0 Å². The zero-order valence-corrected chi connectivity index (χ0v) is 18.0. The van der Waals surface area contributed by atoms with Crippen molar-refractivity contribution in [2.75, 3.05) is 31.2 Å². The van der Waals surface area contributed by atoms with Gasteiger partial charge in [-0.15, -0.1) is 0 Å². The number of piperidine rings is 1. The van der Waals surface area contributed by atoms with Crippen molar-refractivity contribution in [2.45, 2.75) is 31.8 Å². The molecule has 4 rings (SSSR count). The minimum atomic E-state index is -0.301. The fourth-order valence-corrected chi connectivity index (χ4v) is 3.61. The van der Waals surface area contributed by atoms with E-state index >= 15 is 0 Å². The summed E-state index contributed by atoms with van der Waals surface area (Å²) < 4.78 is 12.1. The first-order valence-electron chi connectivity index (χ1n) is 10.7. The highest BCUT2D eigenvalue weighted by atomic mass is 16.5. The zero-order valence-electron chi connectivity index (χ0n) is 18.0. The standard InChI is InChI=1S/C23H27N5O4/c1-16-21(31-19-5-3-17(4-6-19)18(13-29)14-30)26-15-27-22(16)32-20-7-11-28(12-8-20)23-24-9-2-10-25-23/h2-6,9-10,15,18,20,29-30H,7-8,11-14H2,1H3. The van der Waals surface area contributed by atoms with Gasteiger partial charge in [0, 0.05) is 44.2 Å². The van der Waals surface area contributed by atoms with Gasteiger partial charge >= 0.3 is 0 Å². The number of nitrogens with zero attached hydrogens (tertiary/aromatic N) is 5. The van der Waals surface area contributed by atoms with Gasteiger partial charge in [0.05, 0.1) is 18.8 Å². The molecule has 3 heterocycles. The van der Waals surface area contributed by atoms with Crippen molar-refractivity contribution in [3.8, 4) is 17.5 Å². The molecule has 9 heteroatoms. The van der Waals surface area contributed by atoms with Crippen molar-refractivity contribution in [3.63, 3.8) is 0 Å². The molecule has 3 aromatic rings. The van der Waals surface area contributed by atoms with Gasteiger partial charge in [-0.1, -0.05) is 12.1 Å². The normalized spacial score (nSPS) is 14.6. The number of anilines is 1. The topological polar surface area (TPSA) is 114 Å². The summed E-state index contributed by atoms with van der Waals surface area (Å²) in [5.41, 5.74) is 1.58. The lowest BCUT2D eigenvalue weighted by atomic mass is 10.0. The average molecular weight is 438 g/mol. The summed E-state index contributed by atoms with van der Waals surface area (Å²) >= 11 is 0. The summed E-state index contributed by atoms with van der Waals surface area (Å²) in [6.07, 6.45) is 6.67. The van der Waals surface area contributed by atoms with Crippen LogP contribution in [0.15, 0.2) is 49.1 Å². The molecule has 32 heavy (non-hydrogen) atoms. The molecule has 9 nitrogen and oxygen atoms in total. The van der Waals surface area contributed by atoms with Gasteiger partial charge in [0.1, 0.15) is 18.2 Å². The summed E-state index contributed by atoms with van der Waals surface area (Å²) in [6.45, 7) is 3.29. The van der Waals surface area contributed by atoms with E-state index in [-0.39, 0.29) is 25.2 Å². The second kappa shape index (κ2) is 10.3. The van der Waals surface area contributed by atoms with Gasteiger partial charge in [0.2, 0.25) is 17.7 Å². The molecule has 0 saturated carbocycles. The molecule has 1 aromatic carbocycles. The Hall–Kier alpha value is -3.30. The minimum Gasteiger partial charge on any atom is -0.474 e. The van der Waals surface area contributed by atoms with Crippen LogP contribution in [0, 0.1) is 6.92 Å². The van der Waals surface area contributed by atoms with Crippen LogP contribution >= 0.6 is 0 Å². The third-order valence-electron chi connectivity index (χ3n) is 5.55. The predicted octanol–water partition coefficient (Wildman–Crippen LogP) is 2.48. The molecule has 2 aromatic heterocycles. The first-order valence-corrected chi connectivity index (χ1v) is 10.7. The lowest BCUT2D eigenvalue weighted by molar-refractivity contribution is 0.161. The first kappa shape index (κ1) is 21.9. The Morgan fingerprint density at radius 2 is 1.62 bits per heavy atom. The molecule has 0 aliphatic carbocycles. The molecule has 0 unspecified atom stereocenters. The molecule has 1 aliphatic rings. The lowest BCUT2D eigenvalue weighted by Crippen LogP contribution is -2.39. The zero-order chi connectivity index (χ0) is 22.3. The largest absolute Gasteiger partial charge is 0.474 e. The summed E-state index contributed by atoms with van der Waals surface area (Å²) in [7, 11) is 0. The van der Waals surface area contributed by atoms with E-state index in [2.05, 4.69) is 24.8 Å². The smallest absolute Gasteiger partial charge is 0.229 e. The highest BCUT2D eigenvalue weighted by molar-refractivity contribution is 5.38. The number of rotatable bonds is 8. The van der Waals surface area contributed by atoms with Gasteiger partial charge in [-0.25, -0.2) is 19.9 Å². The molecule has 0 spiro atoms. The third-order valence-corrected chi connectivity index (χ3v) is 5.55. The molecule has 0 atom stereocenters. The van der Waals surface area contributed by atoms with E-state index in [0.29, 0.717) is 17.5 Å². The molecule has 0 radical (unpaired) electrons. The Balaban J connectivity index is 1.38. The van der Waals surface area contributed by atoms with Crippen molar-refractivity contribution in [1.82, 2.24) is 19.9 Å². The first-order chi connectivity index (χ1) is 15.7. The Kier molecular flexibility index (Phi) is 7.08. The molecule has 1 fully saturated rings. The van der Waals surface area contributed by atoms with Crippen LogP contribution in [0.5, 0.6) is 17.5 Å². The maximum atomic E-state index is 9.33. The number of aliphatic hydroxyl groups excluding tert-OH is 2. The van der Waals surface area contributed by atoms with E-state index in [4.69, 9.17) is 9.47 Å². The van der Waals surface area contributed by atoms with Crippen LogP contribution in [0.4, 0.5) is 5.95 Å². The van der Waals surface area contributed by atoms with E-state index in [9.17, 15) is 10.2 Å². The molecular formula is C23H27N5O4. The Morgan fingerprint density at radius 3 is 2.28 bits per heavy atom. The second-order valence-corrected chi connectivity index (χ2v) is 7.70. The number of ether oxygens (including phenoxy) is 2. The fourth-order valence-electron chi connectivity index (χ4n) is 3.61. The highest BCUT2D eigenvalue weighted by Gasteiger charge is 2.23. The quantitative estimate of drug-likeness (QED) is 0.548. The molecule has 1 aliphatic heterocycles. The summed E-state index contributed by atoms with van der Waals surface area (Å²) in [5.74, 6) is 1.99. The van der Waals surface area contributed by atoms with Crippen LogP contribution in [0.1, 0.15) is 29.9 Å². The van der Waals surface area contributed by atoms with Gasteiger partial charge in [-0.05, 0) is 30.7 Å². The summed E-state index contributed by atoms with van der Waals surface area (Å²) in [6, 6.07) is 9.04. The van der Waals surface area contributed by atoms with Crippen molar-refractivity contribution in [3.05, 3.63) is 60.2 Å². The van der Waals surface area contributed by atoms with Crippen molar-refractivity contribution < 1.29 is 19.7 Å². The molecule has 0 amide bonds. The maximum Gasteiger partial charge on any atom is 0.229 e. The van der Waals surface area contributed by atoms with Crippen molar-refractivity contribution in [2.24, 2.45) is 0 Å². The monoisotopic (exact) mass is 437 g/mol. The Labute approximate surface area is 186 Å². The second-order valence-electron chi connectivity index (χ2n) is 7.70. The fraction of sp³-hybridized carbons (Fsp3) is 0.391. The van der Waals surface area contributed by atoms with Crippen LogP contribution < -0.4 is 14.4 Å². The summed E-state index contributed by atoms with van der Waals surface area (Å²) in [4.78, 5) is 19.3. The third kappa shape index (κ3) is 5.12. The number of hydrogen-bond acceptors (Lipinski definition) is 9. The minimum absolute atomic E-state index is 0.0459. The number of hydrogen-bond donors (Lipinski definition) is 2. The van der Waals surface area contributed by atoms with E-state index in [0.717, 1.165) is 43.0 Å². The van der Waals surface area contributed by atoms with Gasteiger partial charge in [-0.2, -0.15) is 0 Å². The Bertz CT molecular complexity index is 991. The van der Waals surface area contributed by atoms with Crippen LogP contribution in [-0.4, -0.2) is 62.6 Å². The van der Waals surface area contributed by atoms with E-state index in [1.807, 2.05) is 25.1 Å². The molecule has 168 valence electrons. The van der Waals surface area contributed by atoms with E-state index in [1.165, 1.54) is 6.33 Å². The van der Waals surface area contributed by atoms with Crippen LogP contribution in [0.2, 0.25) is 0 Å². The molecule has 0 bridgehead atoms. The van der Waals surface area contributed by atoms with Crippen LogP contribution in [0.3, 0.4) is 0 Å². The Morgan fingerprint density at radius 1 is 0.969 bits per heavy atom. The number of aromatic nitrogens is 4. The van der Waals surface area contributed by atoms with Crippen molar-refractivity contribution >= 4 is 5.95 Å². The van der Waals surface area contributed by atoms with E-state index < -0.39 is 0 Å². The molecule has 1 saturated heterocycles. The predicted molar refractivity (Wildman–Crippen MR) is 118 cm³/mol. The SMILES string of the molecule is Cc1c(Oc2ccc(C(CO)CO)cc2)ncnc1OC1CCN(c2ncccn2)CC1. The van der Waals surface area contributed by atoms with E-state index in [1.54, 1.807) is 24.5 Å². The lowest BCUT2D eigenvalue weighted by Gasteiger charge is -2.32. The number of aliphatic hydroxyl groups is 2. The average Bonchev–Trinajstić information content (AvgIpc) is 2.84. The van der Waals surface area contributed by atoms with Gasteiger partial charge in [0.25, 0.3) is 0 Å². The number of benzene rings is 1. The maximum absolute atomic E-state index is 9.33. The molecule has 2 N–H and O–H groups in total. The molecular weight excluding hydrogens is 410 g/mol. The van der Waals surface area contributed by atoms with Gasteiger partial charge < -0.3 is 24.6 Å². The van der Waals surface area contributed by atoms with Gasteiger partial charge in [-0.3, -0.25) is 0 Å². The van der Waals surface area contributed by atoms with Crippen molar-refractivity contribution in [1.29, 1.82) is 0 Å². The summed E-state index contributed by atoms with van der Waals surface area (Å²) in [5, 5.41) is 18.7.